The molecule has 0 saturated carbocycles. The minimum atomic E-state index is -0.751. The number of carbonyl (C=O) groups is 1. The molecule has 18 heavy (non-hydrogen) atoms. The minimum Gasteiger partial charge on any atom is -0.459 e. The van der Waals surface area contributed by atoms with Crippen LogP contribution in [0.2, 0.25) is 0 Å². The van der Waals surface area contributed by atoms with Crippen molar-refractivity contribution < 1.29 is 18.7 Å². The number of ether oxygens (including phenoxy) is 2. The summed E-state index contributed by atoms with van der Waals surface area (Å²) in [4.78, 5) is 11.5. The third-order valence-corrected chi connectivity index (χ3v) is 2.02. The van der Waals surface area contributed by atoms with Crippen molar-refractivity contribution in [3.63, 3.8) is 0 Å². The molecule has 0 heterocycles. The van der Waals surface area contributed by atoms with Crippen LogP contribution in [0.25, 0.3) is 6.08 Å². The minimum absolute atomic E-state index is 0.0670. The molecule has 0 amide bonds. The average molecular weight is 249 g/mol. The second-order valence-corrected chi connectivity index (χ2v) is 3.35. The highest BCUT2D eigenvalue weighted by Gasteiger charge is 2.10. The Morgan fingerprint density at radius 2 is 2.28 bits per heavy atom. The van der Waals surface area contributed by atoms with Crippen LogP contribution in [0.1, 0.15) is 5.56 Å². The summed E-state index contributed by atoms with van der Waals surface area (Å²) in [5.41, 5.74) is 0.243. The molecule has 4 nitrogen and oxygen atoms in total. The van der Waals surface area contributed by atoms with Crippen molar-refractivity contribution in [1.29, 1.82) is 5.26 Å². The molecule has 5 heteroatoms. The van der Waals surface area contributed by atoms with Crippen molar-refractivity contribution in [2.24, 2.45) is 0 Å². The van der Waals surface area contributed by atoms with Crippen LogP contribution in [0.5, 0.6) is 0 Å². The molecule has 0 atom stereocenters. The molecular formula is C13H12FNO3. The Balaban J connectivity index is 2.77. The number of rotatable bonds is 5. The van der Waals surface area contributed by atoms with Gasteiger partial charge in [0.1, 0.15) is 24.1 Å². The number of nitriles is 1. The van der Waals surface area contributed by atoms with Crippen LogP contribution in [-0.4, -0.2) is 26.3 Å². The zero-order chi connectivity index (χ0) is 13.4. The lowest BCUT2D eigenvalue weighted by atomic mass is 10.1. The monoisotopic (exact) mass is 249 g/mol. The third-order valence-electron chi connectivity index (χ3n) is 2.02. The molecule has 0 fully saturated rings. The van der Waals surface area contributed by atoms with E-state index < -0.39 is 11.8 Å². The fraction of sp³-hybridized carbons (Fsp3) is 0.231. The van der Waals surface area contributed by atoms with E-state index in [1.165, 1.54) is 31.4 Å². The summed E-state index contributed by atoms with van der Waals surface area (Å²) < 4.78 is 22.4. The number of halogens is 1. The maximum atomic E-state index is 12.9. The van der Waals surface area contributed by atoms with Gasteiger partial charge in [-0.1, -0.05) is 12.1 Å². The Bertz CT molecular complexity index is 491. The lowest BCUT2D eigenvalue weighted by Crippen LogP contribution is -2.11. The first kappa shape index (κ1) is 13.9. The SMILES string of the molecule is COCCOC(=O)/C(C#N)=C/c1cccc(F)c1. The van der Waals surface area contributed by atoms with Gasteiger partial charge in [0.05, 0.1) is 6.61 Å². The predicted molar refractivity (Wildman–Crippen MR) is 62.8 cm³/mol. The molecule has 0 unspecified atom stereocenters. The molecule has 0 saturated heterocycles. The van der Waals surface area contributed by atoms with E-state index in [-0.39, 0.29) is 18.8 Å². The highest BCUT2D eigenvalue weighted by molar-refractivity contribution is 5.97. The Labute approximate surface area is 104 Å². The van der Waals surface area contributed by atoms with Gasteiger partial charge in [0.2, 0.25) is 0 Å². The van der Waals surface area contributed by atoms with Gasteiger partial charge in [0.25, 0.3) is 0 Å². The second-order valence-electron chi connectivity index (χ2n) is 3.35. The molecule has 0 aromatic heterocycles. The summed E-state index contributed by atoms with van der Waals surface area (Å²) in [5.74, 6) is -1.19. The first-order valence-electron chi connectivity index (χ1n) is 5.21. The third kappa shape index (κ3) is 4.36. The van der Waals surface area contributed by atoms with Gasteiger partial charge in [-0.05, 0) is 23.8 Å². The molecule has 0 bridgehead atoms. The van der Waals surface area contributed by atoms with Crippen LogP contribution >= 0.6 is 0 Å². The molecule has 0 spiro atoms. The molecular weight excluding hydrogens is 237 g/mol. The maximum Gasteiger partial charge on any atom is 0.348 e. The van der Waals surface area contributed by atoms with E-state index in [0.717, 1.165) is 0 Å². The van der Waals surface area contributed by atoms with E-state index >= 15 is 0 Å². The Morgan fingerprint density at radius 3 is 2.89 bits per heavy atom. The lowest BCUT2D eigenvalue weighted by Gasteiger charge is -2.02. The Kier molecular flexibility index (Phi) is 5.55. The molecule has 0 aliphatic carbocycles. The topological polar surface area (TPSA) is 59.3 Å². The first-order valence-corrected chi connectivity index (χ1v) is 5.21. The van der Waals surface area contributed by atoms with Gasteiger partial charge in [0, 0.05) is 7.11 Å². The first-order chi connectivity index (χ1) is 8.67. The van der Waals surface area contributed by atoms with Gasteiger partial charge >= 0.3 is 5.97 Å². The summed E-state index contributed by atoms with van der Waals surface area (Å²) in [6.45, 7) is 0.321. The highest BCUT2D eigenvalue weighted by Crippen LogP contribution is 2.09. The molecule has 1 rings (SSSR count). The van der Waals surface area contributed by atoms with Crippen LogP contribution in [0.4, 0.5) is 4.39 Å². The molecule has 1 aromatic rings. The van der Waals surface area contributed by atoms with Crippen molar-refractivity contribution in [3.8, 4) is 6.07 Å². The van der Waals surface area contributed by atoms with E-state index in [2.05, 4.69) is 0 Å². The van der Waals surface area contributed by atoms with E-state index in [9.17, 15) is 9.18 Å². The van der Waals surface area contributed by atoms with Gasteiger partial charge in [-0.25, -0.2) is 9.18 Å². The second kappa shape index (κ2) is 7.20. The quantitative estimate of drug-likeness (QED) is 0.346. The van der Waals surface area contributed by atoms with Crippen LogP contribution in [0, 0.1) is 17.1 Å². The molecule has 1 aromatic carbocycles. The number of nitrogens with zero attached hydrogens (tertiary/aromatic N) is 1. The van der Waals surface area contributed by atoms with Gasteiger partial charge < -0.3 is 9.47 Å². The summed E-state index contributed by atoms with van der Waals surface area (Å²) in [7, 11) is 1.47. The number of hydrogen-bond donors (Lipinski definition) is 0. The van der Waals surface area contributed by atoms with Crippen LogP contribution in [-0.2, 0) is 14.3 Å². The van der Waals surface area contributed by atoms with Gasteiger partial charge in [-0.3, -0.25) is 0 Å². The summed E-state index contributed by atoms with van der Waals surface area (Å²) >= 11 is 0. The average Bonchev–Trinajstić information content (AvgIpc) is 2.36. The molecule has 0 N–H and O–H groups in total. The standard InChI is InChI=1S/C13H12FNO3/c1-17-5-6-18-13(16)11(9-15)7-10-3-2-4-12(14)8-10/h2-4,7-8H,5-6H2,1H3/b11-7+. The Hall–Kier alpha value is -2.19. The van der Waals surface area contributed by atoms with Crippen molar-refractivity contribution in [2.75, 3.05) is 20.3 Å². The largest absolute Gasteiger partial charge is 0.459 e. The maximum absolute atomic E-state index is 12.9. The van der Waals surface area contributed by atoms with Crippen molar-refractivity contribution in [1.82, 2.24) is 0 Å². The predicted octanol–water partition coefficient (Wildman–Crippen LogP) is 1.92. The van der Waals surface area contributed by atoms with Crippen LogP contribution in [0.3, 0.4) is 0 Å². The zero-order valence-electron chi connectivity index (χ0n) is 9.85. The summed E-state index contributed by atoms with van der Waals surface area (Å²) in [6, 6.07) is 7.30. The van der Waals surface area contributed by atoms with Crippen molar-refractivity contribution in [3.05, 3.63) is 41.2 Å². The summed E-state index contributed by atoms with van der Waals surface area (Å²) in [6.07, 6.45) is 1.28. The van der Waals surface area contributed by atoms with Gasteiger partial charge in [0.15, 0.2) is 0 Å². The molecule has 0 radical (unpaired) electrons. The number of esters is 1. The van der Waals surface area contributed by atoms with Gasteiger partial charge in [-0.15, -0.1) is 0 Å². The number of carbonyl (C=O) groups excluding carboxylic acids is 1. The lowest BCUT2D eigenvalue weighted by molar-refractivity contribution is -0.139. The fourth-order valence-corrected chi connectivity index (χ4v) is 1.20. The highest BCUT2D eigenvalue weighted by atomic mass is 19.1. The Morgan fingerprint density at radius 1 is 1.50 bits per heavy atom. The zero-order valence-corrected chi connectivity index (χ0v) is 9.85. The van der Waals surface area contributed by atoms with E-state index in [4.69, 9.17) is 14.7 Å². The molecule has 0 aliphatic heterocycles. The molecule has 94 valence electrons. The van der Waals surface area contributed by atoms with Gasteiger partial charge in [-0.2, -0.15) is 5.26 Å². The van der Waals surface area contributed by atoms with E-state index in [0.29, 0.717) is 5.56 Å². The smallest absolute Gasteiger partial charge is 0.348 e. The van der Waals surface area contributed by atoms with E-state index in [1.807, 2.05) is 0 Å². The summed E-state index contributed by atoms with van der Waals surface area (Å²) in [5, 5.41) is 8.84. The van der Waals surface area contributed by atoms with Crippen LogP contribution < -0.4 is 0 Å². The normalized spacial score (nSPS) is 10.8. The van der Waals surface area contributed by atoms with E-state index in [1.54, 1.807) is 12.1 Å². The fourth-order valence-electron chi connectivity index (χ4n) is 1.20. The van der Waals surface area contributed by atoms with Crippen molar-refractivity contribution in [2.45, 2.75) is 0 Å². The van der Waals surface area contributed by atoms with Crippen LogP contribution in [0.15, 0.2) is 29.8 Å². The van der Waals surface area contributed by atoms with Crippen molar-refractivity contribution >= 4 is 12.0 Å². The number of methoxy groups -OCH3 is 1. The molecule has 0 aliphatic rings. The number of benzene rings is 1. The number of hydrogen-bond acceptors (Lipinski definition) is 4.